The van der Waals surface area contributed by atoms with Crippen LogP contribution in [0.2, 0.25) is 0 Å². The third-order valence-corrected chi connectivity index (χ3v) is 5.37. The largest absolute Gasteiger partial charge is 0.331 e. The fourth-order valence-electron chi connectivity index (χ4n) is 3.83. The molecule has 138 valence electrons. The molecule has 1 aromatic heterocycles. The van der Waals surface area contributed by atoms with E-state index in [-0.39, 0.29) is 5.78 Å². The maximum Gasteiger partial charge on any atom is 0.176 e. The number of imidazole rings is 1. The van der Waals surface area contributed by atoms with Crippen LogP contribution in [0.15, 0.2) is 73.1 Å². The Morgan fingerprint density at radius 1 is 0.963 bits per heavy atom. The lowest BCUT2D eigenvalue weighted by Crippen LogP contribution is -2.38. The molecule has 1 fully saturated rings. The van der Waals surface area contributed by atoms with E-state index in [0.29, 0.717) is 12.5 Å². The third-order valence-electron chi connectivity index (χ3n) is 5.37. The van der Waals surface area contributed by atoms with Crippen molar-refractivity contribution in [2.24, 2.45) is 5.92 Å². The van der Waals surface area contributed by atoms with Gasteiger partial charge in [0.05, 0.1) is 6.54 Å². The molecule has 2 aromatic carbocycles. The van der Waals surface area contributed by atoms with Gasteiger partial charge in [0, 0.05) is 30.1 Å². The van der Waals surface area contributed by atoms with E-state index in [9.17, 15) is 4.79 Å². The zero-order valence-electron chi connectivity index (χ0n) is 15.5. The number of likely N-dealkylation sites (tertiary alicyclic amines) is 1. The first-order chi connectivity index (χ1) is 13.3. The highest BCUT2D eigenvalue weighted by atomic mass is 16.1. The van der Waals surface area contributed by atoms with Crippen LogP contribution >= 0.6 is 0 Å². The second-order valence-corrected chi connectivity index (χ2v) is 7.28. The summed E-state index contributed by atoms with van der Waals surface area (Å²) < 4.78 is 2.27. The topological polar surface area (TPSA) is 38.1 Å². The summed E-state index contributed by atoms with van der Waals surface area (Å²) >= 11 is 0. The number of ketones is 1. The van der Waals surface area contributed by atoms with Gasteiger partial charge >= 0.3 is 0 Å². The van der Waals surface area contributed by atoms with E-state index in [2.05, 4.69) is 44.9 Å². The number of hydrogen-bond donors (Lipinski definition) is 0. The van der Waals surface area contributed by atoms with Crippen molar-refractivity contribution in [2.75, 3.05) is 19.6 Å². The molecule has 4 rings (SSSR count). The number of rotatable bonds is 6. The van der Waals surface area contributed by atoms with Crippen LogP contribution in [0, 0.1) is 5.92 Å². The predicted molar refractivity (Wildman–Crippen MR) is 108 cm³/mol. The van der Waals surface area contributed by atoms with Gasteiger partial charge in [0.25, 0.3) is 0 Å². The van der Waals surface area contributed by atoms with Gasteiger partial charge < -0.3 is 4.57 Å². The van der Waals surface area contributed by atoms with Crippen molar-refractivity contribution in [1.29, 1.82) is 0 Å². The molecule has 0 radical (unpaired) electrons. The smallest absolute Gasteiger partial charge is 0.176 e. The van der Waals surface area contributed by atoms with Gasteiger partial charge in [0.2, 0.25) is 0 Å². The summed E-state index contributed by atoms with van der Waals surface area (Å²) in [5, 5.41) is 0. The number of aromatic nitrogens is 2. The van der Waals surface area contributed by atoms with Crippen molar-refractivity contribution < 1.29 is 4.79 Å². The Hall–Kier alpha value is -2.72. The van der Waals surface area contributed by atoms with Gasteiger partial charge in [-0.05, 0) is 31.8 Å². The van der Waals surface area contributed by atoms with E-state index >= 15 is 0 Å². The highest BCUT2D eigenvalue weighted by molar-refractivity contribution is 5.97. The maximum atomic E-state index is 12.4. The fraction of sp³-hybridized carbons (Fsp3) is 0.304. The number of benzene rings is 2. The summed E-state index contributed by atoms with van der Waals surface area (Å²) in [4.78, 5) is 19.2. The molecule has 0 saturated carbocycles. The fourth-order valence-corrected chi connectivity index (χ4v) is 3.83. The molecule has 0 N–H and O–H groups in total. The molecule has 4 nitrogen and oxygen atoms in total. The minimum absolute atomic E-state index is 0.218. The van der Waals surface area contributed by atoms with Crippen LogP contribution in [0.5, 0.6) is 0 Å². The average molecular weight is 359 g/mol. The molecule has 0 aliphatic carbocycles. The monoisotopic (exact) mass is 359 g/mol. The van der Waals surface area contributed by atoms with Crippen molar-refractivity contribution in [2.45, 2.75) is 19.4 Å². The molecule has 0 spiro atoms. The van der Waals surface area contributed by atoms with Crippen LogP contribution in [-0.2, 0) is 6.54 Å². The number of piperidine rings is 1. The lowest BCUT2D eigenvalue weighted by Gasteiger charge is -2.31. The molecule has 0 amide bonds. The number of hydrogen-bond acceptors (Lipinski definition) is 3. The molecule has 27 heavy (non-hydrogen) atoms. The Morgan fingerprint density at radius 2 is 1.63 bits per heavy atom. The molecular formula is C23H25N3O. The summed E-state index contributed by atoms with van der Waals surface area (Å²) in [6, 6.07) is 20.0. The molecule has 1 aliphatic heterocycles. The highest BCUT2D eigenvalue weighted by Gasteiger charge is 2.22. The van der Waals surface area contributed by atoms with Crippen molar-refractivity contribution >= 4 is 5.78 Å². The Morgan fingerprint density at radius 3 is 2.33 bits per heavy atom. The van der Waals surface area contributed by atoms with Gasteiger partial charge in [0.15, 0.2) is 5.78 Å². The van der Waals surface area contributed by atoms with Gasteiger partial charge in [-0.3, -0.25) is 9.69 Å². The van der Waals surface area contributed by atoms with Gasteiger partial charge in [-0.1, -0.05) is 60.7 Å². The van der Waals surface area contributed by atoms with Crippen LogP contribution in [0.25, 0.3) is 11.4 Å². The van der Waals surface area contributed by atoms with E-state index in [1.807, 2.05) is 42.6 Å². The first-order valence-corrected chi connectivity index (χ1v) is 9.67. The lowest BCUT2D eigenvalue weighted by atomic mass is 9.96. The molecule has 1 saturated heterocycles. The molecule has 3 aromatic rings. The predicted octanol–water partition coefficient (Wildman–Crippen LogP) is 4.15. The minimum Gasteiger partial charge on any atom is -0.331 e. The van der Waals surface area contributed by atoms with Gasteiger partial charge in [0.1, 0.15) is 5.82 Å². The van der Waals surface area contributed by atoms with Crippen LogP contribution in [0.4, 0.5) is 0 Å². The Kier molecular flexibility index (Phi) is 5.45. The minimum atomic E-state index is 0.218. The van der Waals surface area contributed by atoms with E-state index < -0.39 is 0 Å². The molecule has 0 bridgehead atoms. The van der Waals surface area contributed by atoms with Crippen LogP contribution in [-0.4, -0.2) is 39.9 Å². The quantitative estimate of drug-likeness (QED) is 0.621. The second-order valence-electron chi connectivity index (χ2n) is 7.28. The van der Waals surface area contributed by atoms with Crippen molar-refractivity contribution in [3.05, 3.63) is 78.6 Å². The second kappa shape index (κ2) is 8.31. The first-order valence-electron chi connectivity index (χ1n) is 9.67. The standard InChI is InChI=1S/C23H25N3O/c27-22(20-7-3-1-4-8-20)18-25-14-11-19(12-15-25)17-26-16-13-24-23(26)21-9-5-2-6-10-21/h1-10,13,16,19H,11-12,14-15,17-18H2. The van der Waals surface area contributed by atoms with E-state index in [0.717, 1.165) is 49.4 Å². The van der Waals surface area contributed by atoms with Gasteiger partial charge in [-0.2, -0.15) is 0 Å². The summed E-state index contributed by atoms with van der Waals surface area (Å²) in [6.45, 7) is 3.49. The van der Waals surface area contributed by atoms with Crippen LogP contribution in [0.3, 0.4) is 0 Å². The normalized spacial score (nSPS) is 15.7. The van der Waals surface area contributed by atoms with E-state index in [4.69, 9.17) is 0 Å². The Bertz CT molecular complexity index is 865. The number of carbonyl (C=O) groups excluding carboxylic acids is 1. The lowest BCUT2D eigenvalue weighted by molar-refractivity contribution is 0.0890. The molecule has 4 heteroatoms. The summed E-state index contributed by atoms with van der Waals surface area (Å²) in [7, 11) is 0. The van der Waals surface area contributed by atoms with Crippen molar-refractivity contribution in [3.8, 4) is 11.4 Å². The van der Waals surface area contributed by atoms with E-state index in [1.54, 1.807) is 0 Å². The summed E-state index contributed by atoms with van der Waals surface area (Å²) in [6.07, 6.45) is 6.20. The zero-order valence-corrected chi connectivity index (χ0v) is 15.5. The molecule has 1 aliphatic rings. The van der Waals surface area contributed by atoms with Crippen LogP contribution < -0.4 is 0 Å². The molecule has 0 unspecified atom stereocenters. The Balaban J connectivity index is 1.32. The molecule has 2 heterocycles. The highest BCUT2D eigenvalue weighted by Crippen LogP contribution is 2.23. The molecule has 0 atom stereocenters. The average Bonchev–Trinajstić information content (AvgIpc) is 3.19. The zero-order chi connectivity index (χ0) is 18.5. The van der Waals surface area contributed by atoms with E-state index in [1.165, 1.54) is 0 Å². The Labute approximate surface area is 160 Å². The number of nitrogens with zero attached hydrogens (tertiary/aromatic N) is 3. The SMILES string of the molecule is O=C(CN1CCC(Cn2ccnc2-c2ccccc2)CC1)c1ccccc1. The number of carbonyl (C=O) groups is 1. The maximum absolute atomic E-state index is 12.4. The van der Waals surface area contributed by atoms with Gasteiger partial charge in [-0.25, -0.2) is 4.98 Å². The van der Waals surface area contributed by atoms with Crippen molar-refractivity contribution in [3.63, 3.8) is 0 Å². The van der Waals surface area contributed by atoms with Gasteiger partial charge in [-0.15, -0.1) is 0 Å². The van der Waals surface area contributed by atoms with Crippen molar-refractivity contribution in [1.82, 2.24) is 14.5 Å². The summed E-state index contributed by atoms with van der Waals surface area (Å²) in [5.74, 6) is 1.89. The molecular weight excluding hydrogens is 334 g/mol. The third kappa shape index (κ3) is 4.34. The number of Topliss-reactive ketones (excluding diaryl/α,β-unsaturated/α-hetero) is 1. The first kappa shape index (κ1) is 17.7. The van der Waals surface area contributed by atoms with Crippen LogP contribution in [0.1, 0.15) is 23.2 Å². The summed E-state index contributed by atoms with van der Waals surface area (Å²) in [5.41, 5.74) is 1.97.